The molecule has 14 nitrogen and oxygen atoms in total. The Morgan fingerprint density at radius 1 is 0.411 bits per heavy atom. The lowest BCUT2D eigenvalue weighted by Gasteiger charge is -2.25. The Labute approximate surface area is 325 Å². The van der Waals surface area contributed by atoms with Gasteiger partial charge in [0.05, 0.1) is 25.4 Å². The number of nitrogens with one attached hydrogen (secondary N) is 2. The molecule has 8 rings (SSSR count). The standard InChI is InChI=1S/C42H48N2O12/c45-31(25-55-41(27-1-5-33-37(19-27)51-15-11-47-33)28-2-6-34-38(20-28)52-16-12-48-34)23-43-9-10-44-24-32(46)26-56-42(29-3-7-35-39(21-29)53-17-13-49-35)30-4-8-36-40(22-30)54-18-14-50-36/h1-8,19-22,31-32,41-46H,9-18,23-26H2/t31-,32-/m1/s1. The summed E-state index contributed by atoms with van der Waals surface area (Å²) in [6.45, 7) is 5.84. The van der Waals surface area contributed by atoms with Crippen LogP contribution in [0.5, 0.6) is 46.0 Å². The van der Waals surface area contributed by atoms with E-state index in [1.54, 1.807) is 0 Å². The number of rotatable bonds is 17. The summed E-state index contributed by atoms with van der Waals surface area (Å²) in [5.41, 5.74) is 3.45. The first-order valence-electron chi connectivity index (χ1n) is 19.2. The molecule has 0 aliphatic carbocycles. The summed E-state index contributed by atoms with van der Waals surface area (Å²) in [6, 6.07) is 23.0. The van der Waals surface area contributed by atoms with Gasteiger partial charge in [0.2, 0.25) is 0 Å². The van der Waals surface area contributed by atoms with Crippen molar-refractivity contribution in [3.8, 4) is 46.0 Å². The predicted molar refractivity (Wildman–Crippen MR) is 203 cm³/mol. The van der Waals surface area contributed by atoms with E-state index in [0.29, 0.717) is 125 Å². The summed E-state index contributed by atoms with van der Waals surface area (Å²) >= 11 is 0. The van der Waals surface area contributed by atoms with Crippen LogP contribution in [0.25, 0.3) is 0 Å². The zero-order valence-electron chi connectivity index (χ0n) is 31.1. The third-order valence-electron chi connectivity index (χ3n) is 9.62. The Hall–Kier alpha value is -4.96. The Bertz CT molecular complexity index is 1670. The van der Waals surface area contributed by atoms with E-state index in [1.807, 2.05) is 72.8 Å². The number of aliphatic hydroxyl groups is 2. The number of fused-ring (bicyclic) bond motifs is 4. The maximum absolute atomic E-state index is 10.9. The van der Waals surface area contributed by atoms with Crippen molar-refractivity contribution < 1.29 is 57.6 Å². The maximum atomic E-state index is 10.9. The van der Waals surface area contributed by atoms with Crippen LogP contribution in [-0.4, -0.2) is 115 Å². The van der Waals surface area contributed by atoms with E-state index in [2.05, 4.69) is 10.6 Å². The molecule has 0 radical (unpaired) electrons. The van der Waals surface area contributed by atoms with Gasteiger partial charge in [-0.1, -0.05) is 24.3 Å². The SMILES string of the molecule is O[C@H](CNCCNC[C@@H](O)COC(c1ccc2c(c1)OCCO2)c1ccc2c(c1)OCCO2)COC(c1ccc2c(c1)OCCO2)c1ccc2c(c1)OCCO2. The lowest BCUT2D eigenvalue weighted by molar-refractivity contribution is 0.00514. The average molecular weight is 773 g/mol. The van der Waals surface area contributed by atoms with Crippen LogP contribution < -0.4 is 48.5 Å². The number of ether oxygens (including phenoxy) is 10. The Kier molecular flexibility index (Phi) is 12.4. The highest BCUT2D eigenvalue weighted by Gasteiger charge is 2.25. The molecule has 4 aromatic rings. The van der Waals surface area contributed by atoms with Gasteiger partial charge in [0.1, 0.15) is 65.1 Å². The summed E-state index contributed by atoms with van der Waals surface area (Å²) in [7, 11) is 0. The molecule has 0 amide bonds. The van der Waals surface area contributed by atoms with Crippen molar-refractivity contribution in [3.05, 3.63) is 95.1 Å². The predicted octanol–water partition coefficient (Wildman–Crippen LogP) is 3.58. The zero-order valence-corrected chi connectivity index (χ0v) is 31.1. The highest BCUT2D eigenvalue weighted by molar-refractivity contribution is 5.51. The van der Waals surface area contributed by atoms with Gasteiger partial charge in [0.25, 0.3) is 0 Å². The van der Waals surface area contributed by atoms with E-state index in [9.17, 15) is 10.2 Å². The van der Waals surface area contributed by atoms with Crippen LogP contribution in [0, 0.1) is 0 Å². The second-order valence-electron chi connectivity index (χ2n) is 13.8. The molecule has 4 aromatic carbocycles. The van der Waals surface area contributed by atoms with Gasteiger partial charge in [-0.3, -0.25) is 0 Å². The number of aliphatic hydroxyl groups excluding tert-OH is 2. The molecule has 298 valence electrons. The van der Waals surface area contributed by atoms with E-state index in [1.165, 1.54) is 0 Å². The van der Waals surface area contributed by atoms with Crippen molar-refractivity contribution in [2.75, 3.05) is 92.2 Å². The molecule has 0 spiro atoms. The highest BCUT2D eigenvalue weighted by Crippen LogP contribution is 2.41. The van der Waals surface area contributed by atoms with Crippen molar-refractivity contribution in [1.29, 1.82) is 0 Å². The van der Waals surface area contributed by atoms with Gasteiger partial charge >= 0.3 is 0 Å². The van der Waals surface area contributed by atoms with Crippen LogP contribution in [0.1, 0.15) is 34.5 Å². The molecule has 56 heavy (non-hydrogen) atoms. The van der Waals surface area contributed by atoms with Crippen molar-refractivity contribution in [1.82, 2.24) is 10.6 Å². The van der Waals surface area contributed by atoms with Gasteiger partial charge in [0, 0.05) is 26.2 Å². The second-order valence-corrected chi connectivity index (χ2v) is 13.8. The van der Waals surface area contributed by atoms with Gasteiger partial charge in [0.15, 0.2) is 46.0 Å². The fourth-order valence-electron chi connectivity index (χ4n) is 6.91. The summed E-state index contributed by atoms with van der Waals surface area (Å²) in [4.78, 5) is 0. The molecular weight excluding hydrogens is 724 g/mol. The number of hydrogen-bond donors (Lipinski definition) is 4. The lowest BCUT2D eigenvalue weighted by Crippen LogP contribution is -2.38. The number of benzene rings is 4. The van der Waals surface area contributed by atoms with Gasteiger partial charge in [-0.15, -0.1) is 0 Å². The fourth-order valence-corrected chi connectivity index (χ4v) is 6.91. The van der Waals surface area contributed by atoms with E-state index in [4.69, 9.17) is 47.4 Å². The molecule has 0 unspecified atom stereocenters. The van der Waals surface area contributed by atoms with Crippen molar-refractivity contribution >= 4 is 0 Å². The molecule has 14 heteroatoms. The third kappa shape index (κ3) is 9.35. The van der Waals surface area contributed by atoms with Gasteiger partial charge in [-0.05, 0) is 70.8 Å². The minimum Gasteiger partial charge on any atom is -0.486 e. The van der Waals surface area contributed by atoms with Crippen molar-refractivity contribution in [3.63, 3.8) is 0 Å². The van der Waals surface area contributed by atoms with E-state index in [-0.39, 0.29) is 13.2 Å². The van der Waals surface area contributed by atoms with Gasteiger partial charge in [-0.2, -0.15) is 0 Å². The molecule has 0 bridgehead atoms. The smallest absolute Gasteiger partial charge is 0.161 e. The Morgan fingerprint density at radius 3 is 0.964 bits per heavy atom. The normalized spacial score (nSPS) is 16.4. The fraction of sp³-hybridized carbons (Fsp3) is 0.429. The molecule has 0 fully saturated rings. The van der Waals surface area contributed by atoms with Crippen molar-refractivity contribution in [2.45, 2.75) is 24.4 Å². The Morgan fingerprint density at radius 2 is 0.679 bits per heavy atom. The van der Waals surface area contributed by atoms with Crippen molar-refractivity contribution in [2.24, 2.45) is 0 Å². The average Bonchev–Trinajstić information content (AvgIpc) is 3.24. The van der Waals surface area contributed by atoms with E-state index >= 15 is 0 Å². The van der Waals surface area contributed by atoms with E-state index < -0.39 is 24.4 Å². The Balaban J connectivity index is 0.806. The molecule has 4 aliphatic rings. The summed E-state index contributed by atoms with van der Waals surface area (Å²) < 4.78 is 58.9. The van der Waals surface area contributed by atoms with Crippen LogP contribution in [0.15, 0.2) is 72.8 Å². The molecule has 4 heterocycles. The van der Waals surface area contributed by atoms with Crippen LogP contribution >= 0.6 is 0 Å². The molecule has 0 saturated heterocycles. The summed E-state index contributed by atoms with van der Waals surface area (Å²) in [5.74, 6) is 5.40. The largest absolute Gasteiger partial charge is 0.486 e. The van der Waals surface area contributed by atoms with Gasteiger partial charge in [-0.25, -0.2) is 0 Å². The van der Waals surface area contributed by atoms with Gasteiger partial charge < -0.3 is 68.2 Å². The van der Waals surface area contributed by atoms with Crippen LogP contribution in [-0.2, 0) is 9.47 Å². The molecule has 2 atom stereocenters. The second kappa shape index (κ2) is 18.3. The lowest BCUT2D eigenvalue weighted by atomic mass is 10.00. The minimum absolute atomic E-state index is 0.0813. The molecule has 4 aliphatic heterocycles. The maximum Gasteiger partial charge on any atom is 0.161 e. The third-order valence-corrected chi connectivity index (χ3v) is 9.62. The first-order chi connectivity index (χ1) is 27.6. The highest BCUT2D eigenvalue weighted by atomic mass is 16.6. The molecule has 0 saturated carbocycles. The number of hydrogen-bond acceptors (Lipinski definition) is 14. The minimum atomic E-state index is -0.774. The zero-order chi connectivity index (χ0) is 38.1. The quantitative estimate of drug-likeness (QED) is 0.116. The first kappa shape index (κ1) is 37.9. The summed E-state index contributed by atoms with van der Waals surface area (Å²) in [5, 5.41) is 28.3. The van der Waals surface area contributed by atoms with Crippen LogP contribution in [0.4, 0.5) is 0 Å². The van der Waals surface area contributed by atoms with E-state index in [0.717, 1.165) is 22.3 Å². The monoisotopic (exact) mass is 772 g/mol. The molecule has 0 aromatic heterocycles. The molecular formula is C42H48N2O12. The first-order valence-corrected chi connectivity index (χ1v) is 19.2. The molecule has 4 N–H and O–H groups in total. The summed E-state index contributed by atoms with van der Waals surface area (Å²) in [6.07, 6.45) is -2.54. The van der Waals surface area contributed by atoms with Crippen LogP contribution in [0.3, 0.4) is 0 Å². The topological polar surface area (TPSA) is 157 Å². The van der Waals surface area contributed by atoms with Crippen LogP contribution in [0.2, 0.25) is 0 Å².